The Labute approximate surface area is 173 Å². The molecule has 0 saturated carbocycles. The molecule has 29 heavy (non-hydrogen) atoms. The summed E-state index contributed by atoms with van der Waals surface area (Å²) in [5, 5.41) is 21.6. The van der Waals surface area contributed by atoms with Gasteiger partial charge >= 0.3 is 13.8 Å². The van der Waals surface area contributed by atoms with E-state index in [0.717, 1.165) is 0 Å². The van der Waals surface area contributed by atoms with Gasteiger partial charge in [-0.05, 0) is 35.7 Å². The monoisotopic (exact) mass is 483 g/mol. The number of para-hydroxylation sites is 2. The number of hydrogen-bond acceptors (Lipinski definition) is 6. The molecule has 0 aromatic heterocycles. The van der Waals surface area contributed by atoms with Gasteiger partial charge in [0.25, 0.3) is 0 Å². The molecule has 0 aliphatic carbocycles. The van der Waals surface area contributed by atoms with Crippen LogP contribution in [-0.4, -0.2) is 33.1 Å². The number of carbonyl (C=O) groups is 1. The van der Waals surface area contributed by atoms with Crippen molar-refractivity contribution in [2.45, 2.75) is 0 Å². The number of halogens is 1. The highest BCUT2D eigenvalue weighted by molar-refractivity contribution is 9.10. The van der Waals surface area contributed by atoms with Crippen molar-refractivity contribution >= 4 is 51.9 Å². The van der Waals surface area contributed by atoms with E-state index in [9.17, 15) is 29.4 Å². The number of phenols is 1. The molecule has 0 amide bonds. The first kappa shape index (κ1) is 21.1. The molecule has 0 atom stereocenters. The van der Waals surface area contributed by atoms with E-state index >= 15 is 0 Å². The second kappa shape index (κ2) is 8.02. The number of aromatic hydroxyl groups is 1. The minimum absolute atomic E-state index is 0.0420. The quantitative estimate of drug-likeness (QED) is 0.300. The standard InChI is InChI=1S/C18H15BrNO8P/c1-27-15-5-3-2-4-14(15)20(28-29(24,25)26)16-12-7-6-11(19)8-10(12)9-13(17(16)21)18(22)23/h2-9,21H,1H3,(H,22,23)(H2,24,25,26). The van der Waals surface area contributed by atoms with Gasteiger partial charge in [0.1, 0.15) is 22.7 Å². The molecule has 11 heteroatoms. The third-order valence-corrected chi connectivity index (χ3v) is 4.84. The van der Waals surface area contributed by atoms with E-state index in [4.69, 9.17) is 9.36 Å². The molecular weight excluding hydrogens is 469 g/mol. The van der Waals surface area contributed by atoms with Crippen molar-refractivity contribution in [3.63, 3.8) is 0 Å². The zero-order valence-electron chi connectivity index (χ0n) is 14.8. The van der Waals surface area contributed by atoms with Gasteiger partial charge in [-0.3, -0.25) is 0 Å². The highest BCUT2D eigenvalue weighted by Crippen LogP contribution is 2.50. The number of rotatable bonds is 6. The summed E-state index contributed by atoms with van der Waals surface area (Å²) in [4.78, 5) is 30.6. The number of nitrogens with zero attached hydrogens (tertiary/aromatic N) is 1. The van der Waals surface area contributed by atoms with E-state index in [0.29, 0.717) is 14.9 Å². The van der Waals surface area contributed by atoms with Crippen molar-refractivity contribution in [3.05, 3.63) is 58.6 Å². The Morgan fingerprint density at radius 1 is 1.14 bits per heavy atom. The molecule has 3 rings (SSSR count). The Morgan fingerprint density at radius 2 is 1.83 bits per heavy atom. The summed E-state index contributed by atoms with van der Waals surface area (Å²) in [6, 6.07) is 12.2. The summed E-state index contributed by atoms with van der Waals surface area (Å²) in [6.45, 7) is 0. The van der Waals surface area contributed by atoms with Crippen LogP contribution < -0.4 is 9.80 Å². The molecule has 0 radical (unpaired) electrons. The fourth-order valence-electron chi connectivity index (χ4n) is 2.83. The first-order chi connectivity index (χ1) is 13.6. The van der Waals surface area contributed by atoms with Crippen LogP contribution in [-0.2, 0) is 9.19 Å². The lowest BCUT2D eigenvalue weighted by molar-refractivity contribution is 0.0694. The van der Waals surface area contributed by atoms with E-state index < -0.39 is 25.1 Å². The number of fused-ring (bicyclic) bond motifs is 1. The van der Waals surface area contributed by atoms with Gasteiger partial charge in [-0.2, -0.15) is 4.62 Å². The Balaban J connectivity index is 2.42. The molecule has 0 bridgehead atoms. The van der Waals surface area contributed by atoms with Crippen molar-refractivity contribution in [2.75, 3.05) is 12.2 Å². The lowest BCUT2D eigenvalue weighted by Gasteiger charge is -2.27. The molecule has 0 fully saturated rings. The van der Waals surface area contributed by atoms with E-state index in [1.807, 2.05) is 0 Å². The van der Waals surface area contributed by atoms with E-state index in [1.54, 1.807) is 30.3 Å². The zero-order chi connectivity index (χ0) is 21.3. The number of aromatic carboxylic acids is 1. The molecule has 152 valence electrons. The normalized spacial score (nSPS) is 11.4. The Kier molecular flexibility index (Phi) is 5.83. The predicted molar refractivity (Wildman–Crippen MR) is 109 cm³/mol. The van der Waals surface area contributed by atoms with Crippen LogP contribution in [0.4, 0.5) is 11.4 Å². The largest absolute Gasteiger partial charge is 0.505 e. The van der Waals surface area contributed by atoms with Gasteiger partial charge in [-0.15, -0.1) is 0 Å². The summed E-state index contributed by atoms with van der Waals surface area (Å²) < 4.78 is 22.4. The van der Waals surface area contributed by atoms with Crippen LogP contribution in [0, 0.1) is 0 Å². The van der Waals surface area contributed by atoms with Crippen LogP contribution in [0.2, 0.25) is 0 Å². The SMILES string of the molecule is COc1ccccc1N(OP(=O)(O)O)c1c(O)c(C(=O)O)cc2cc(Br)ccc12. The van der Waals surface area contributed by atoms with Gasteiger partial charge in [-0.25, -0.2) is 14.4 Å². The van der Waals surface area contributed by atoms with Crippen LogP contribution >= 0.6 is 23.8 Å². The van der Waals surface area contributed by atoms with E-state index in [-0.39, 0.29) is 22.5 Å². The lowest BCUT2D eigenvalue weighted by atomic mass is 10.0. The minimum Gasteiger partial charge on any atom is -0.505 e. The molecule has 0 heterocycles. The number of methoxy groups -OCH3 is 1. The highest BCUT2D eigenvalue weighted by Gasteiger charge is 2.30. The number of carboxylic acid groups (broad SMARTS) is 1. The molecule has 0 unspecified atom stereocenters. The summed E-state index contributed by atoms with van der Waals surface area (Å²) in [5.41, 5.74) is -0.694. The highest BCUT2D eigenvalue weighted by atomic mass is 79.9. The van der Waals surface area contributed by atoms with Crippen LogP contribution in [0.1, 0.15) is 10.4 Å². The number of hydrogen-bond donors (Lipinski definition) is 4. The third kappa shape index (κ3) is 4.36. The molecule has 0 saturated heterocycles. The summed E-state index contributed by atoms with van der Waals surface area (Å²) >= 11 is 3.29. The first-order valence-electron chi connectivity index (χ1n) is 7.99. The molecule has 4 N–H and O–H groups in total. The van der Waals surface area contributed by atoms with Gasteiger partial charge in [-0.1, -0.05) is 34.1 Å². The third-order valence-electron chi connectivity index (χ3n) is 3.97. The van der Waals surface area contributed by atoms with Crippen molar-refractivity contribution in [3.8, 4) is 11.5 Å². The molecule has 9 nitrogen and oxygen atoms in total. The smallest absolute Gasteiger partial charge is 0.491 e. The summed E-state index contributed by atoms with van der Waals surface area (Å²) in [7, 11) is -3.78. The van der Waals surface area contributed by atoms with Gasteiger partial charge in [0.05, 0.1) is 7.11 Å². The second-order valence-corrected chi connectivity index (χ2v) is 7.89. The van der Waals surface area contributed by atoms with Gasteiger partial charge in [0, 0.05) is 9.86 Å². The lowest BCUT2D eigenvalue weighted by Crippen LogP contribution is -2.18. The van der Waals surface area contributed by atoms with E-state index in [2.05, 4.69) is 15.9 Å². The van der Waals surface area contributed by atoms with Crippen molar-refractivity contribution in [1.82, 2.24) is 0 Å². The van der Waals surface area contributed by atoms with Gasteiger partial charge in [0.2, 0.25) is 0 Å². The molecule has 3 aromatic carbocycles. The van der Waals surface area contributed by atoms with Crippen LogP contribution in [0.25, 0.3) is 10.8 Å². The Hall–Kier alpha value is -2.62. The van der Waals surface area contributed by atoms with Gasteiger partial charge in [0.15, 0.2) is 5.75 Å². The molecule has 0 aliphatic rings. The Morgan fingerprint density at radius 3 is 2.45 bits per heavy atom. The van der Waals surface area contributed by atoms with Crippen LogP contribution in [0.15, 0.2) is 53.0 Å². The summed E-state index contributed by atoms with van der Waals surface area (Å²) in [6.07, 6.45) is 0. The maximum atomic E-state index is 11.7. The van der Waals surface area contributed by atoms with Crippen molar-refractivity contribution in [2.24, 2.45) is 0 Å². The van der Waals surface area contributed by atoms with Crippen LogP contribution in [0.5, 0.6) is 11.5 Å². The average Bonchev–Trinajstić information content (AvgIpc) is 2.65. The molecule has 0 aliphatic heterocycles. The van der Waals surface area contributed by atoms with Crippen molar-refractivity contribution < 1.29 is 38.7 Å². The maximum Gasteiger partial charge on any atom is 0.491 e. The summed E-state index contributed by atoms with van der Waals surface area (Å²) in [5.74, 6) is -1.99. The maximum absolute atomic E-state index is 11.7. The number of carboxylic acids is 1. The predicted octanol–water partition coefficient (Wildman–Crippen LogP) is 4.18. The number of anilines is 2. The number of phosphoric acid groups is 1. The van der Waals surface area contributed by atoms with Crippen LogP contribution in [0.3, 0.4) is 0 Å². The average molecular weight is 484 g/mol. The number of ether oxygens (including phenoxy) is 1. The molecule has 3 aromatic rings. The fraction of sp³-hybridized carbons (Fsp3) is 0.0556. The molecular formula is C18H15BrNO8P. The fourth-order valence-corrected chi connectivity index (χ4v) is 3.59. The van der Waals surface area contributed by atoms with E-state index in [1.165, 1.54) is 25.3 Å². The second-order valence-electron chi connectivity index (χ2n) is 5.83. The molecule has 0 spiro atoms. The minimum atomic E-state index is -5.13. The Bertz CT molecular complexity index is 1150. The first-order valence-corrected chi connectivity index (χ1v) is 10.3. The van der Waals surface area contributed by atoms with Gasteiger partial charge < -0.3 is 24.7 Å². The zero-order valence-corrected chi connectivity index (χ0v) is 17.3. The van der Waals surface area contributed by atoms with Crippen molar-refractivity contribution in [1.29, 1.82) is 0 Å². The number of benzene rings is 3. The topological polar surface area (TPSA) is 137 Å².